The maximum atomic E-state index is 13.7. The number of aromatic nitrogens is 1. The summed E-state index contributed by atoms with van der Waals surface area (Å²) < 4.78 is 5.42. The molecule has 7 fully saturated rings. The molecule has 7 aliphatic rings. The average Bonchev–Trinajstić information content (AvgIpc) is 3.45. The van der Waals surface area contributed by atoms with E-state index in [9.17, 15) is 9.59 Å². The first-order chi connectivity index (χ1) is 14.7. The highest BCUT2D eigenvalue weighted by atomic mass is 16.5. The summed E-state index contributed by atoms with van der Waals surface area (Å²) in [4.78, 5) is 32.1. The van der Waals surface area contributed by atoms with Crippen LogP contribution >= 0.6 is 0 Å². The Kier molecular flexibility index (Phi) is 2.70. The largest absolute Gasteiger partial charge is 0.497 e. The molecule has 1 amide bonds. The Hall–Kier alpha value is -2.30. The highest BCUT2D eigenvalue weighted by Gasteiger charge is 2.96. The number of piperidine rings is 1. The fraction of sp³-hybridized carbons (Fsp3) is 0.600. The van der Waals surface area contributed by atoms with E-state index >= 15 is 0 Å². The van der Waals surface area contributed by atoms with Crippen molar-refractivity contribution >= 4 is 22.6 Å². The molecule has 4 bridgehead atoms. The summed E-state index contributed by atoms with van der Waals surface area (Å²) in [6.45, 7) is 1.65. The van der Waals surface area contributed by atoms with E-state index < -0.39 is 0 Å². The van der Waals surface area contributed by atoms with Gasteiger partial charge in [0.2, 0.25) is 5.91 Å². The van der Waals surface area contributed by atoms with E-state index in [2.05, 4.69) is 28.2 Å². The molecule has 1 aromatic heterocycles. The zero-order valence-electron chi connectivity index (χ0n) is 17.1. The second-order valence-corrected chi connectivity index (χ2v) is 10.8. The zero-order valence-corrected chi connectivity index (χ0v) is 17.1. The van der Waals surface area contributed by atoms with Crippen molar-refractivity contribution in [1.29, 1.82) is 0 Å². The first-order valence-corrected chi connectivity index (χ1v) is 11.6. The summed E-state index contributed by atoms with van der Waals surface area (Å²) in [5.41, 5.74) is 2.24. The van der Waals surface area contributed by atoms with Crippen molar-refractivity contribution in [1.82, 2.24) is 9.88 Å². The number of rotatable bonds is 3. The van der Waals surface area contributed by atoms with Gasteiger partial charge in [0.1, 0.15) is 11.5 Å². The Bertz CT molecular complexity index is 1140. The molecule has 8 unspecified atom stereocenters. The van der Waals surface area contributed by atoms with E-state index in [0.717, 1.165) is 37.2 Å². The van der Waals surface area contributed by atoms with Gasteiger partial charge in [0, 0.05) is 42.0 Å². The van der Waals surface area contributed by atoms with Crippen LogP contribution in [0.1, 0.15) is 30.7 Å². The van der Waals surface area contributed by atoms with Crippen LogP contribution in [0.2, 0.25) is 0 Å². The summed E-state index contributed by atoms with van der Waals surface area (Å²) in [7, 11) is 1.71. The average molecular weight is 402 g/mol. The molecule has 1 aliphatic heterocycles. The number of aromatic amines is 1. The first kappa shape index (κ1) is 16.4. The Morgan fingerprint density at radius 3 is 2.80 bits per heavy atom. The lowest BCUT2D eigenvalue weighted by Gasteiger charge is -2.71. The number of ether oxygens (including phenoxy) is 1. The number of carbonyl (C=O) groups is 2. The summed E-state index contributed by atoms with van der Waals surface area (Å²) in [5, 5.41) is 1.24. The van der Waals surface area contributed by atoms with E-state index in [1.165, 1.54) is 17.4 Å². The molecular formula is C25H26N2O3. The fourth-order valence-corrected chi connectivity index (χ4v) is 9.65. The van der Waals surface area contributed by atoms with Crippen molar-refractivity contribution < 1.29 is 14.3 Å². The third kappa shape index (κ3) is 1.46. The molecule has 1 aromatic carbocycles. The van der Waals surface area contributed by atoms with E-state index in [1.807, 2.05) is 6.07 Å². The standard InChI is InChI=1S/C25H26N2O3/c1-30-12-2-3-17-13(8-12)16(10-26-17)11-4-6-27(7-5-11)24(29)25-20-15-9-14-18(20)22(25)23(28)19(14)21(15)25/h2-3,8,10-11,14-15,18-22,26H,4-7,9H2,1H3. The first-order valence-electron chi connectivity index (χ1n) is 11.6. The number of Topliss-reactive ketones (excluding diaryl/α,β-unsaturated/α-hetero) is 1. The molecule has 2 heterocycles. The van der Waals surface area contributed by atoms with E-state index in [0.29, 0.717) is 47.2 Å². The monoisotopic (exact) mass is 402 g/mol. The van der Waals surface area contributed by atoms with Gasteiger partial charge in [0.25, 0.3) is 0 Å². The summed E-state index contributed by atoms with van der Waals surface area (Å²) >= 11 is 0. The number of hydrogen-bond donors (Lipinski definition) is 1. The molecule has 0 spiro atoms. The van der Waals surface area contributed by atoms with Gasteiger partial charge in [-0.2, -0.15) is 0 Å². The summed E-state index contributed by atoms with van der Waals surface area (Å²) in [6.07, 6.45) is 5.38. The lowest BCUT2D eigenvalue weighted by molar-refractivity contribution is -0.256. The Labute approximate surface area is 175 Å². The van der Waals surface area contributed by atoms with Crippen LogP contribution in [0, 0.1) is 46.8 Å². The van der Waals surface area contributed by atoms with Crippen molar-refractivity contribution in [2.75, 3.05) is 20.2 Å². The van der Waals surface area contributed by atoms with Gasteiger partial charge in [-0.15, -0.1) is 0 Å². The number of fused-ring (bicyclic) bond motifs is 1. The number of nitrogens with zero attached hydrogens (tertiary/aromatic N) is 1. The zero-order chi connectivity index (χ0) is 19.9. The van der Waals surface area contributed by atoms with Crippen molar-refractivity contribution in [2.45, 2.75) is 25.2 Å². The molecule has 5 nitrogen and oxygen atoms in total. The van der Waals surface area contributed by atoms with Crippen molar-refractivity contribution in [3.63, 3.8) is 0 Å². The predicted octanol–water partition coefficient (Wildman–Crippen LogP) is 3.21. The van der Waals surface area contributed by atoms with E-state index in [1.54, 1.807) is 7.11 Å². The minimum absolute atomic E-state index is 0.104. The third-order valence-corrected chi connectivity index (χ3v) is 10.4. The Morgan fingerprint density at radius 2 is 2.03 bits per heavy atom. The highest BCUT2D eigenvalue weighted by molar-refractivity contribution is 6.04. The van der Waals surface area contributed by atoms with Crippen LogP contribution in [0.4, 0.5) is 0 Å². The normalized spacial score (nSPS) is 44.6. The molecule has 6 saturated carbocycles. The number of H-pyrrole nitrogens is 1. The minimum atomic E-state index is -0.245. The molecule has 5 heteroatoms. The molecule has 9 rings (SSSR count). The molecule has 6 aliphatic carbocycles. The van der Waals surface area contributed by atoms with Gasteiger partial charge >= 0.3 is 0 Å². The number of nitrogens with one attached hydrogen (secondary N) is 1. The van der Waals surface area contributed by atoms with Gasteiger partial charge < -0.3 is 14.6 Å². The molecule has 1 N–H and O–H groups in total. The summed E-state index contributed by atoms with van der Waals surface area (Å²) in [5.74, 6) is 5.46. The fourth-order valence-electron chi connectivity index (χ4n) is 9.65. The van der Waals surface area contributed by atoms with E-state index in [4.69, 9.17) is 4.74 Å². The SMILES string of the molecule is COc1ccc2[nH]cc(C3CCN(C(=O)C45C6C(=O)C7C8CC(C74)C5C86)CC3)c2c1. The van der Waals surface area contributed by atoms with Crippen LogP contribution < -0.4 is 4.74 Å². The second kappa shape index (κ2) is 4.95. The molecule has 154 valence electrons. The van der Waals surface area contributed by atoms with Crippen LogP contribution in [-0.2, 0) is 9.59 Å². The van der Waals surface area contributed by atoms with Crippen molar-refractivity contribution in [2.24, 2.45) is 46.8 Å². The third-order valence-electron chi connectivity index (χ3n) is 10.4. The number of likely N-dealkylation sites (tertiary alicyclic amines) is 1. The van der Waals surface area contributed by atoms with Gasteiger partial charge in [0.05, 0.1) is 12.5 Å². The number of carbonyl (C=O) groups excluding carboxylic acids is 2. The number of amides is 1. The number of benzene rings is 1. The summed E-state index contributed by atoms with van der Waals surface area (Å²) in [6, 6.07) is 6.18. The smallest absolute Gasteiger partial charge is 0.230 e. The van der Waals surface area contributed by atoms with E-state index in [-0.39, 0.29) is 17.3 Å². The van der Waals surface area contributed by atoms with Crippen LogP contribution in [0.25, 0.3) is 10.9 Å². The molecule has 2 aromatic rings. The second-order valence-electron chi connectivity index (χ2n) is 10.8. The number of methoxy groups -OCH3 is 1. The molecule has 1 saturated heterocycles. The number of ketones is 1. The van der Waals surface area contributed by atoms with Crippen molar-refractivity contribution in [3.8, 4) is 5.75 Å². The van der Waals surface area contributed by atoms with Gasteiger partial charge in [-0.05, 0) is 78.5 Å². The highest BCUT2D eigenvalue weighted by Crippen LogP contribution is 2.93. The molecule has 8 atom stereocenters. The maximum absolute atomic E-state index is 13.7. The molecular weight excluding hydrogens is 376 g/mol. The topological polar surface area (TPSA) is 62.4 Å². The van der Waals surface area contributed by atoms with Crippen molar-refractivity contribution in [3.05, 3.63) is 30.0 Å². The minimum Gasteiger partial charge on any atom is -0.497 e. The van der Waals surface area contributed by atoms with Gasteiger partial charge in [-0.1, -0.05) is 0 Å². The molecule has 0 radical (unpaired) electrons. The van der Waals surface area contributed by atoms with Crippen LogP contribution in [0.3, 0.4) is 0 Å². The quantitative estimate of drug-likeness (QED) is 0.858. The molecule has 30 heavy (non-hydrogen) atoms. The lowest BCUT2D eigenvalue weighted by atomic mass is 9.31. The lowest BCUT2D eigenvalue weighted by Crippen LogP contribution is -2.75. The predicted molar refractivity (Wildman–Crippen MR) is 110 cm³/mol. The van der Waals surface area contributed by atoms with Gasteiger partial charge in [-0.3, -0.25) is 9.59 Å². The van der Waals surface area contributed by atoms with Crippen LogP contribution in [0.15, 0.2) is 24.4 Å². The van der Waals surface area contributed by atoms with Gasteiger partial charge in [0.15, 0.2) is 0 Å². The maximum Gasteiger partial charge on any atom is 0.230 e. The van der Waals surface area contributed by atoms with Gasteiger partial charge in [-0.25, -0.2) is 0 Å². The Balaban J connectivity index is 1.04. The Morgan fingerprint density at radius 1 is 1.20 bits per heavy atom. The number of hydrogen-bond acceptors (Lipinski definition) is 3. The van der Waals surface area contributed by atoms with Crippen LogP contribution in [0.5, 0.6) is 5.75 Å². The van der Waals surface area contributed by atoms with Crippen LogP contribution in [-0.4, -0.2) is 41.8 Å².